The smallest absolute Gasteiger partial charge is 0.212 e. The molecule has 0 saturated carbocycles. The van der Waals surface area contributed by atoms with Gasteiger partial charge in [0.25, 0.3) is 0 Å². The van der Waals surface area contributed by atoms with Crippen molar-refractivity contribution in [2.24, 2.45) is 0 Å². The summed E-state index contributed by atoms with van der Waals surface area (Å²) in [6.07, 6.45) is 2.27. The van der Waals surface area contributed by atoms with Gasteiger partial charge in [-0.2, -0.15) is 0 Å². The molecule has 0 rings (SSSR count). The third kappa shape index (κ3) is 7.73. The van der Waals surface area contributed by atoms with Gasteiger partial charge in [0.1, 0.15) is 0 Å². The Morgan fingerprint density at radius 2 is 1.71 bits per heavy atom. The van der Waals surface area contributed by atoms with E-state index in [9.17, 15) is 8.42 Å². The van der Waals surface area contributed by atoms with Gasteiger partial charge in [0.05, 0.1) is 5.75 Å². The molecule has 0 heterocycles. The van der Waals surface area contributed by atoms with Crippen LogP contribution in [0.1, 0.15) is 53.9 Å². The molecule has 0 radical (unpaired) electrons. The van der Waals surface area contributed by atoms with Gasteiger partial charge in [-0.15, -0.1) is 0 Å². The second-order valence-corrected chi connectivity index (χ2v) is 6.99. The highest BCUT2D eigenvalue weighted by Crippen LogP contribution is 2.15. The molecule has 0 aliphatic carbocycles. The summed E-state index contributed by atoms with van der Waals surface area (Å²) in [7, 11) is -3.15. The number of hydrogen-bond acceptors (Lipinski definition) is 3. The van der Waals surface area contributed by atoms with Crippen molar-refractivity contribution in [1.82, 2.24) is 10.0 Å². The Balaban J connectivity index is 4.12. The molecule has 5 heteroatoms. The molecule has 2 N–H and O–H groups in total. The lowest BCUT2D eigenvalue weighted by Crippen LogP contribution is -2.46. The molecule has 0 fully saturated rings. The van der Waals surface area contributed by atoms with Gasteiger partial charge in [0.15, 0.2) is 0 Å². The van der Waals surface area contributed by atoms with Crippen molar-refractivity contribution in [2.75, 3.05) is 12.3 Å². The molecule has 0 aliphatic rings. The molecule has 0 atom stereocenters. The Bertz CT molecular complexity index is 296. The predicted molar refractivity (Wildman–Crippen MR) is 73.7 cm³/mol. The van der Waals surface area contributed by atoms with E-state index < -0.39 is 10.0 Å². The minimum atomic E-state index is -3.15. The molecule has 0 aromatic heterocycles. The molecule has 0 unspecified atom stereocenters. The summed E-state index contributed by atoms with van der Waals surface area (Å²) in [5.41, 5.74) is -0.301. The Kier molecular flexibility index (Phi) is 7.28. The van der Waals surface area contributed by atoms with E-state index in [0.717, 1.165) is 19.4 Å². The van der Waals surface area contributed by atoms with Crippen molar-refractivity contribution in [2.45, 2.75) is 65.5 Å². The van der Waals surface area contributed by atoms with Crippen molar-refractivity contribution < 1.29 is 8.42 Å². The zero-order chi connectivity index (χ0) is 13.5. The summed E-state index contributed by atoms with van der Waals surface area (Å²) < 4.78 is 26.5. The monoisotopic (exact) mass is 264 g/mol. The van der Waals surface area contributed by atoms with Crippen LogP contribution in [0, 0.1) is 0 Å². The van der Waals surface area contributed by atoms with Crippen LogP contribution in [0.2, 0.25) is 0 Å². The highest BCUT2D eigenvalue weighted by molar-refractivity contribution is 7.89. The summed E-state index contributed by atoms with van der Waals surface area (Å²) in [6, 6.07) is 0.405. The highest BCUT2D eigenvalue weighted by atomic mass is 32.2. The number of hydrogen-bond donors (Lipinski definition) is 2. The van der Waals surface area contributed by atoms with Crippen molar-refractivity contribution in [3.8, 4) is 0 Å². The molecular formula is C12H28N2O2S. The standard InChI is InChI=1S/C12H28N2O2S/c1-6-12(5,7-2)14-17(15,16)10-8-9-13-11(3)4/h11,13-14H,6-10H2,1-5H3. The fourth-order valence-corrected chi connectivity index (χ4v) is 3.14. The van der Waals surface area contributed by atoms with E-state index in [2.05, 4.69) is 23.9 Å². The summed E-state index contributed by atoms with van der Waals surface area (Å²) in [4.78, 5) is 0. The molecule has 0 aromatic carbocycles. The fourth-order valence-electron chi connectivity index (χ4n) is 1.47. The van der Waals surface area contributed by atoms with Crippen LogP contribution < -0.4 is 10.0 Å². The molecule has 0 amide bonds. The van der Waals surface area contributed by atoms with E-state index in [0.29, 0.717) is 12.5 Å². The van der Waals surface area contributed by atoms with Gasteiger partial charge in [0, 0.05) is 11.6 Å². The maximum Gasteiger partial charge on any atom is 0.212 e. The Morgan fingerprint density at radius 3 is 2.12 bits per heavy atom. The maximum absolute atomic E-state index is 11.9. The Hall–Kier alpha value is -0.130. The van der Waals surface area contributed by atoms with E-state index in [1.165, 1.54) is 0 Å². The quantitative estimate of drug-likeness (QED) is 0.625. The molecule has 0 aromatic rings. The zero-order valence-electron chi connectivity index (χ0n) is 11.8. The molecule has 0 bridgehead atoms. The SMILES string of the molecule is CCC(C)(CC)NS(=O)(=O)CCCNC(C)C. The molecule has 4 nitrogen and oxygen atoms in total. The summed E-state index contributed by atoms with van der Waals surface area (Å²) in [5.74, 6) is 0.197. The number of nitrogens with one attached hydrogen (secondary N) is 2. The van der Waals surface area contributed by atoms with Gasteiger partial charge in [-0.1, -0.05) is 27.7 Å². The van der Waals surface area contributed by atoms with Gasteiger partial charge < -0.3 is 5.32 Å². The van der Waals surface area contributed by atoms with Gasteiger partial charge in [-0.25, -0.2) is 13.1 Å². The van der Waals surface area contributed by atoms with Crippen LogP contribution in [-0.2, 0) is 10.0 Å². The first-order valence-corrected chi connectivity index (χ1v) is 8.15. The molecular weight excluding hydrogens is 236 g/mol. The highest BCUT2D eigenvalue weighted by Gasteiger charge is 2.25. The van der Waals surface area contributed by atoms with Crippen molar-refractivity contribution in [1.29, 1.82) is 0 Å². The van der Waals surface area contributed by atoms with Crippen molar-refractivity contribution in [3.63, 3.8) is 0 Å². The Morgan fingerprint density at radius 1 is 1.18 bits per heavy atom. The largest absolute Gasteiger partial charge is 0.314 e. The predicted octanol–water partition coefficient (Wildman–Crippen LogP) is 1.87. The lowest BCUT2D eigenvalue weighted by molar-refractivity contribution is 0.388. The lowest BCUT2D eigenvalue weighted by atomic mass is 9.98. The molecule has 0 saturated heterocycles. The first-order valence-electron chi connectivity index (χ1n) is 6.49. The van der Waals surface area contributed by atoms with Gasteiger partial charge in [0.2, 0.25) is 10.0 Å². The third-order valence-corrected chi connectivity index (χ3v) is 4.73. The molecule has 0 spiro atoms. The number of sulfonamides is 1. The average molecular weight is 264 g/mol. The van der Waals surface area contributed by atoms with E-state index in [1.807, 2.05) is 20.8 Å². The van der Waals surface area contributed by atoms with Gasteiger partial charge in [-0.3, -0.25) is 0 Å². The average Bonchev–Trinajstić information content (AvgIpc) is 2.23. The van der Waals surface area contributed by atoms with Crippen LogP contribution in [-0.4, -0.2) is 32.3 Å². The summed E-state index contributed by atoms with van der Waals surface area (Å²) in [6.45, 7) is 10.8. The van der Waals surface area contributed by atoms with Crippen LogP contribution in [0.5, 0.6) is 0 Å². The van der Waals surface area contributed by atoms with Crippen LogP contribution in [0.25, 0.3) is 0 Å². The van der Waals surface area contributed by atoms with Crippen LogP contribution in [0.4, 0.5) is 0 Å². The lowest BCUT2D eigenvalue weighted by Gasteiger charge is -2.27. The van der Waals surface area contributed by atoms with E-state index >= 15 is 0 Å². The summed E-state index contributed by atoms with van der Waals surface area (Å²) in [5, 5.41) is 3.22. The first-order chi connectivity index (χ1) is 7.74. The van der Waals surface area contributed by atoms with Crippen LogP contribution in [0.3, 0.4) is 0 Å². The third-order valence-electron chi connectivity index (χ3n) is 3.10. The normalized spacial score (nSPS) is 13.3. The minimum absolute atomic E-state index is 0.197. The van der Waals surface area contributed by atoms with Gasteiger partial charge >= 0.3 is 0 Å². The topological polar surface area (TPSA) is 58.2 Å². The van der Waals surface area contributed by atoms with Crippen molar-refractivity contribution in [3.05, 3.63) is 0 Å². The number of rotatable bonds is 9. The van der Waals surface area contributed by atoms with Crippen LogP contribution in [0.15, 0.2) is 0 Å². The van der Waals surface area contributed by atoms with E-state index in [4.69, 9.17) is 0 Å². The zero-order valence-corrected chi connectivity index (χ0v) is 12.7. The molecule has 17 heavy (non-hydrogen) atoms. The minimum Gasteiger partial charge on any atom is -0.314 e. The fraction of sp³-hybridized carbons (Fsp3) is 1.00. The van der Waals surface area contributed by atoms with Crippen molar-refractivity contribution >= 4 is 10.0 Å². The van der Waals surface area contributed by atoms with Crippen LogP contribution >= 0.6 is 0 Å². The molecule has 104 valence electrons. The second kappa shape index (κ2) is 7.34. The maximum atomic E-state index is 11.9. The van der Waals surface area contributed by atoms with Gasteiger partial charge in [-0.05, 0) is 32.7 Å². The second-order valence-electron chi connectivity index (χ2n) is 5.15. The summed E-state index contributed by atoms with van der Waals surface area (Å²) >= 11 is 0. The Labute approximate surface area is 107 Å². The first kappa shape index (κ1) is 16.9. The van der Waals surface area contributed by atoms with E-state index in [1.54, 1.807) is 0 Å². The molecule has 0 aliphatic heterocycles. The van der Waals surface area contributed by atoms with E-state index in [-0.39, 0.29) is 11.3 Å².